The summed E-state index contributed by atoms with van der Waals surface area (Å²) in [5.41, 5.74) is 0. The zero-order valence-corrected chi connectivity index (χ0v) is 9.53. The van der Waals surface area contributed by atoms with Gasteiger partial charge in [-0.25, -0.2) is 0 Å². The molecule has 7 heteroatoms. The van der Waals surface area contributed by atoms with Gasteiger partial charge in [0.25, 0.3) is 0 Å². The lowest BCUT2D eigenvalue weighted by atomic mass is 10.1. The highest BCUT2D eigenvalue weighted by molar-refractivity contribution is 7.15. The number of nitrogens with one attached hydrogen (secondary N) is 1. The molecule has 1 aliphatic rings. The van der Waals surface area contributed by atoms with Gasteiger partial charge in [-0.1, -0.05) is 18.3 Å². The first-order valence-corrected chi connectivity index (χ1v) is 5.94. The van der Waals surface area contributed by atoms with E-state index < -0.39 is 11.2 Å². The van der Waals surface area contributed by atoms with Crippen LogP contribution in [0.15, 0.2) is 0 Å². The molecule has 0 aromatic carbocycles. The van der Waals surface area contributed by atoms with Gasteiger partial charge in [-0.2, -0.15) is 13.2 Å². The topological polar surface area (TPSA) is 37.8 Å². The molecule has 1 heterocycles. The number of halogens is 3. The monoisotopic (exact) mass is 251 g/mol. The maximum Gasteiger partial charge on any atom is 0.445 e. The summed E-state index contributed by atoms with van der Waals surface area (Å²) in [6.07, 6.45) is -1.30. The van der Waals surface area contributed by atoms with Crippen LogP contribution in [-0.2, 0) is 6.18 Å². The number of alkyl halides is 3. The molecule has 1 fully saturated rings. The fourth-order valence-corrected chi connectivity index (χ4v) is 2.60. The van der Waals surface area contributed by atoms with Crippen molar-refractivity contribution in [1.29, 1.82) is 0 Å². The Bertz CT molecular complexity index is 363. The van der Waals surface area contributed by atoms with E-state index in [0.29, 0.717) is 17.3 Å². The number of anilines is 1. The van der Waals surface area contributed by atoms with Crippen LogP contribution in [0.2, 0.25) is 0 Å². The number of aromatic nitrogens is 2. The van der Waals surface area contributed by atoms with E-state index in [9.17, 15) is 13.2 Å². The molecule has 1 aromatic heterocycles. The van der Waals surface area contributed by atoms with Gasteiger partial charge >= 0.3 is 6.18 Å². The van der Waals surface area contributed by atoms with Gasteiger partial charge in [-0.3, -0.25) is 0 Å². The minimum Gasteiger partial charge on any atom is -0.357 e. The molecule has 0 saturated heterocycles. The van der Waals surface area contributed by atoms with Crippen LogP contribution < -0.4 is 5.32 Å². The molecule has 1 saturated carbocycles. The fourth-order valence-electron chi connectivity index (χ4n) is 1.91. The SMILES string of the molecule is CC1CCC(Nc2nnc(C(F)(F)F)s2)C1. The van der Waals surface area contributed by atoms with E-state index in [1.54, 1.807) is 0 Å². The minimum atomic E-state index is -4.39. The lowest BCUT2D eigenvalue weighted by Crippen LogP contribution is -2.14. The summed E-state index contributed by atoms with van der Waals surface area (Å²) in [7, 11) is 0. The molecular weight excluding hydrogens is 239 g/mol. The Morgan fingerprint density at radius 1 is 1.31 bits per heavy atom. The van der Waals surface area contributed by atoms with E-state index >= 15 is 0 Å². The number of nitrogens with zero attached hydrogens (tertiary/aromatic N) is 2. The highest BCUT2D eigenvalue weighted by atomic mass is 32.1. The van der Waals surface area contributed by atoms with Crippen LogP contribution in [0.5, 0.6) is 0 Å². The van der Waals surface area contributed by atoms with E-state index in [-0.39, 0.29) is 11.2 Å². The Balaban J connectivity index is 1.98. The zero-order valence-electron chi connectivity index (χ0n) is 8.71. The summed E-state index contributed by atoms with van der Waals surface area (Å²) >= 11 is 0.570. The third-order valence-corrected chi connectivity index (χ3v) is 3.59. The summed E-state index contributed by atoms with van der Waals surface area (Å²) in [5, 5.41) is 9.03. The van der Waals surface area contributed by atoms with Crippen LogP contribution >= 0.6 is 11.3 Å². The highest BCUT2D eigenvalue weighted by Crippen LogP contribution is 2.34. The van der Waals surface area contributed by atoms with E-state index in [4.69, 9.17) is 0 Å². The molecule has 0 spiro atoms. The predicted molar refractivity (Wildman–Crippen MR) is 55.3 cm³/mol. The van der Waals surface area contributed by atoms with E-state index in [1.165, 1.54) is 0 Å². The third-order valence-electron chi connectivity index (χ3n) is 2.69. The Morgan fingerprint density at radius 2 is 2.06 bits per heavy atom. The quantitative estimate of drug-likeness (QED) is 0.877. The van der Waals surface area contributed by atoms with Crippen molar-refractivity contribution >= 4 is 16.5 Å². The minimum absolute atomic E-state index is 0.240. The average molecular weight is 251 g/mol. The van der Waals surface area contributed by atoms with Crippen LogP contribution in [0.4, 0.5) is 18.3 Å². The first kappa shape index (κ1) is 11.6. The van der Waals surface area contributed by atoms with Crippen LogP contribution in [0.3, 0.4) is 0 Å². The molecule has 1 N–H and O–H groups in total. The molecule has 16 heavy (non-hydrogen) atoms. The second-order valence-corrected chi connectivity index (χ2v) is 5.15. The molecule has 3 nitrogen and oxygen atoms in total. The highest BCUT2D eigenvalue weighted by Gasteiger charge is 2.36. The maximum absolute atomic E-state index is 12.3. The molecule has 2 rings (SSSR count). The Morgan fingerprint density at radius 3 is 2.56 bits per heavy atom. The van der Waals surface area contributed by atoms with Gasteiger partial charge in [0.15, 0.2) is 0 Å². The lowest BCUT2D eigenvalue weighted by Gasteiger charge is -2.09. The number of rotatable bonds is 2. The Labute approximate surface area is 95.1 Å². The van der Waals surface area contributed by atoms with Gasteiger partial charge in [0.2, 0.25) is 10.1 Å². The van der Waals surface area contributed by atoms with Crippen LogP contribution in [0.25, 0.3) is 0 Å². The number of hydrogen-bond acceptors (Lipinski definition) is 4. The molecule has 1 aliphatic carbocycles. The van der Waals surface area contributed by atoms with Crippen LogP contribution in [-0.4, -0.2) is 16.2 Å². The normalized spacial score (nSPS) is 26.0. The summed E-state index contributed by atoms with van der Waals surface area (Å²) in [5.74, 6) is 0.632. The molecular formula is C9H12F3N3S. The lowest BCUT2D eigenvalue weighted by molar-refractivity contribution is -0.138. The average Bonchev–Trinajstić information content (AvgIpc) is 2.74. The van der Waals surface area contributed by atoms with Crippen molar-refractivity contribution in [3.05, 3.63) is 5.01 Å². The van der Waals surface area contributed by atoms with Crippen molar-refractivity contribution in [2.45, 2.75) is 38.4 Å². The molecule has 0 radical (unpaired) electrons. The van der Waals surface area contributed by atoms with Gasteiger partial charge in [-0.05, 0) is 25.2 Å². The van der Waals surface area contributed by atoms with Crippen molar-refractivity contribution in [3.63, 3.8) is 0 Å². The first-order valence-electron chi connectivity index (χ1n) is 5.12. The second-order valence-electron chi connectivity index (χ2n) is 4.17. The van der Waals surface area contributed by atoms with Crippen molar-refractivity contribution in [2.24, 2.45) is 5.92 Å². The van der Waals surface area contributed by atoms with E-state index in [1.807, 2.05) is 0 Å². The molecule has 1 aromatic rings. The van der Waals surface area contributed by atoms with Gasteiger partial charge in [-0.15, -0.1) is 10.2 Å². The Hall–Kier alpha value is -0.850. The van der Waals surface area contributed by atoms with Gasteiger partial charge in [0.05, 0.1) is 0 Å². The largest absolute Gasteiger partial charge is 0.445 e. The second kappa shape index (κ2) is 4.20. The molecule has 0 amide bonds. The van der Waals surface area contributed by atoms with Crippen molar-refractivity contribution < 1.29 is 13.2 Å². The summed E-state index contributed by atoms with van der Waals surface area (Å²) in [4.78, 5) is 0. The van der Waals surface area contributed by atoms with Crippen molar-refractivity contribution in [2.75, 3.05) is 5.32 Å². The molecule has 2 unspecified atom stereocenters. The summed E-state index contributed by atoms with van der Waals surface area (Å²) in [6, 6.07) is 0.240. The maximum atomic E-state index is 12.3. The van der Waals surface area contributed by atoms with E-state index in [2.05, 4.69) is 22.4 Å². The fraction of sp³-hybridized carbons (Fsp3) is 0.778. The molecule has 2 atom stereocenters. The summed E-state index contributed by atoms with van der Waals surface area (Å²) in [6.45, 7) is 2.14. The standard InChI is InChI=1S/C9H12F3N3S/c1-5-2-3-6(4-5)13-8-15-14-7(16-8)9(10,11)12/h5-6H,2-4H2,1H3,(H,13,15). The smallest absolute Gasteiger partial charge is 0.357 e. The van der Waals surface area contributed by atoms with Gasteiger partial charge in [0.1, 0.15) is 0 Å². The van der Waals surface area contributed by atoms with E-state index in [0.717, 1.165) is 19.3 Å². The zero-order chi connectivity index (χ0) is 11.8. The van der Waals surface area contributed by atoms with Crippen molar-refractivity contribution in [3.8, 4) is 0 Å². The molecule has 0 bridgehead atoms. The first-order chi connectivity index (χ1) is 7.45. The third kappa shape index (κ3) is 2.63. The van der Waals surface area contributed by atoms with Gasteiger partial charge < -0.3 is 5.32 Å². The Kier molecular flexibility index (Phi) is 3.05. The predicted octanol–water partition coefficient (Wildman–Crippen LogP) is 3.16. The number of hydrogen-bond donors (Lipinski definition) is 1. The van der Waals surface area contributed by atoms with Crippen LogP contribution in [0, 0.1) is 5.92 Å². The molecule has 90 valence electrons. The molecule has 0 aliphatic heterocycles. The van der Waals surface area contributed by atoms with Crippen molar-refractivity contribution in [1.82, 2.24) is 10.2 Å². The van der Waals surface area contributed by atoms with Crippen LogP contribution in [0.1, 0.15) is 31.2 Å². The summed E-state index contributed by atoms with van der Waals surface area (Å²) < 4.78 is 36.8. The van der Waals surface area contributed by atoms with Gasteiger partial charge in [0, 0.05) is 6.04 Å².